The van der Waals surface area contributed by atoms with Crippen LogP contribution in [0.1, 0.15) is 17.6 Å². The fraction of sp³-hybridized carbons (Fsp3) is 0.583. The molecule has 8 nitrogen and oxygen atoms in total. The van der Waals surface area contributed by atoms with E-state index < -0.39 is 10.0 Å². The summed E-state index contributed by atoms with van der Waals surface area (Å²) in [6.07, 6.45) is 2.35. The van der Waals surface area contributed by atoms with E-state index in [1.807, 2.05) is 0 Å². The van der Waals surface area contributed by atoms with Crippen molar-refractivity contribution in [3.63, 3.8) is 0 Å². The van der Waals surface area contributed by atoms with Gasteiger partial charge in [0, 0.05) is 12.7 Å². The third kappa shape index (κ3) is 4.73. The Morgan fingerprint density at radius 1 is 1.57 bits per heavy atom. The molecule has 0 bridgehead atoms. The quantitative estimate of drug-likeness (QED) is 0.783. The number of nitrogens with one attached hydrogen (secondary N) is 1. The Labute approximate surface area is 123 Å². The number of nitrogens with zero attached hydrogens (tertiary/aromatic N) is 3. The van der Waals surface area contributed by atoms with Crippen molar-refractivity contribution in [3.8, 4) is 0 Å². The van der Waals surface area contributed by atoms with Crippen molar-refractivity contribution in [1.82, 2.24) is 19.6 Å². The minimum Gasteiger partial charge on any atom is -0.368 e. The summed E-state index contributed by atoms with van der Waals surface area (Å²) >= 11 is 0. The van der Waals surface area contributed by atoms with Gasteiger partial charge >= 0.3 is 0 Å². The van der Waals surface area contributed by atoms with E-state index in [0.717, 1.165) is 11.9 Å². The summed E-state index contributed by atoms with van der Waals surface area (Å²) in [6.45, 7) is 2.71. The van der Waals surface area contributed by atoms with Gasteiger partial charge in [0.15, 0.2) is 0 Å². The van der Waals surface area contributed by atoms with Crippen LogP contribution in [0, 0.1) is 6.92 Å². The van der Waals surface area contributed by atoms with Crippen molar-refractivity contribution in [1.29, 1.82) is 0 Å². The number of carbonyl (C=O) groups excluding carboxylic acids is 1. The van der Waals surface area contributed by atoms with Gasteiger partial charge in [0.25, 0.3) is 0 Å². The fourth-order valence-electron chi connectivity index (χ4n) is 2.01. The molecule has 1 aromatic heterocycles. The van der Waals surface area contributed by atoms with E-state index in [4.69, 9.17) is 4.74 Å². The number of aromatic nitrogens is 2. The Hall–Kier alpha value is -1.58. The minimum atomic E-state index is -3.38. The summed E-state index contributed by atoms with van der Waals surface area (Å²) in [6, 6.07) is 1.75. The van der Waals surface area contributed by atoms with Gasteiger partial charge in [-0.25, -0.2) is 23.1 Å². The second kappa shape index (κ2) is 6.46. The molecule has 0 saturated carbocycles. The number of sulfonamides is 1. The van der Waals surface area contributed by atoms with Crippen LogP contribution in [-0.2, 0) is 19.6 Å². The van der Waals surface area contributed by atoms with E-state index in [1.54, 1.807) is 24.1 Å². The van der Waals surface area contributed by atoms with Crippen molar-refractivity contribution in [2.45, 2.75) is 13.0 Å². The van der Waals surface area contributed by atoms with Gasteiger partial charge in [-0.15, -0.1) is 0 Å². The monoisotopic (exact) mass is 314 g/mol. The van der Waals surface area contributed by atoms with E-state index >= 15 is 0 Å². The molecule has 1 aliphatic heterocycles. The number of rotatable bonds is 4. The first-order chi connectivity index (χ1) is 9.85. The summed E-state index contributed by atoms with van der Waals surface area (Å²) in [5.74, 6) is 0.359. The topological polar surface area (TPSA) is 101 Å². The third-order valence-corrected chi connectivity index (χ3v) is 3.70. The Morgan fingerprint density at radius 2 is 2.33 bits per heavy atom. The third-order valence-electron chi connectivity index (χ3n) is 3.03. The molecular weight excluding hydrogens is 296 g/mol. The molecule has 0 radical (unpaired) electrons. The standard InChI is InChI=1S/C12H18N4O4S/c1-9-13-4-3-10(15-9)11-8-16(5-6-20-11)12(17)7-14-21(2,18)19/h3-4,11,14H,5-8H2,1-2H3/t11-/m1/s1. The lowest BCUT2D eigenvalue weighted by Crippen LogP contribution is -2.46. The van der Waals surface area contributed by atoms with Crippen LogP contribution in [0.5, 0.6) is 0 Å². The van der Waals surface area contributed by atoms with Crippen molar-refractivity contribution in [3.05, 3.63) is 23.8 Å². The minimum absolute atomic E-state index is 0.242. The number of morpholine rings is 1. The second-order valence-electron chi connectivity index (χ2n) is 4.82. The number of aryl methyl sites for hydroxylation is 1. The van der Waals surface area contributed by atoms with E-state index in [2.05, 4.69) is 14.7 Å². The molecule has 2 heterocycles. The molecule has 1 amide bonds. The lowest BCUT2D eigenvalue weighted by Gasteiger charge is -2.32. The summed E-state index contributed by atoms with van der Waals surface area (Å²) in [5, 5.41) is 0. The van der Waals surface area contributed by atoms with Gasteiger partial charge in [0.2, 0.25) is 15.9 Å². The molecule has 1 saturated heterocycles. The van der Waals surface area contributed by atoms with Crippen molar-refractivity contribution < 1.29 is 17.9 Å². The van der Waals surface area contributed by atoms with E-state index in [9.17, 15) is 13.2 Å². The highest BCUT2D eigenvalue weighted by Gasteiger charge is 2.26. The van der Waals surface area contributed by atoms with Crippen LogP contribution in [0.2, 0.25) is 0 Å². The largest absolute Gasteiger partial charge is 0.368 e. The lowest BCUT2D eigenvalue weighted by molar-refractivity contribution is -0.137. The average molecular weight is 314 g/mol. The Balaban J connectivity index is 1.99. The molecule has 9 heteroatoms. The molecule has 0 unspecified atom stereocenters. The highest BCUT2D eigenvalue weighted by atomic mass is 32.2. The Morgan fingerprint density at radius 3 is 3.00 bits per heavy atom. The van der Waals surface area contributed by atoms with Gasteiger partial charge in [-0.3, -0.25) is 4.79 Å². The molecule has 0 aliphatic carbocycles. The molecule has 0 aromatic carbocycles. The van der Waals surface area contributed by atoms with Crippen LogP contribution < -0.4 is 4.72 Å². The number of ether oxygens (including phenoxy) is 1. The molecule has 1 aliphatic rings. The molecular formula is C12H18N4O4S. The second-order valence-corrected chi connectivity index (χ2v) is 6.65. The van der Waals surface area contributed by atoms with E-state index in [1.165, 1.54) is 0 Å². The molecule has 1 atom stereocenters. The van der Waals surface area contributed by atoms with Gasteiger partial charge in [-0.2, -0.15) is 0 Å². The van der Waals surface area contributed by atoms with Crippen molar-refractivity contribution in [2.24, 2.45) is 0 Å². The molecule has 0 spiro atoms. The molecule has 1 N–H and O–H groups in total. The van der Waals surface area contributed by atoms with Crippen molar-refractivity contribution >= 4 is 15.9 Å². The van der Waals surface area contributed by atoms with E-state index in [0.29, 0.717) is 25.5 Å². The number of carbonyl (C=O) groups is 1. The first-order valence-corrected chi connectivity index (χ1v) is 8.38. The molecule has 116 valence electrons. The normalized spacial score (nSPS) is 19.5. The predicted molar refractivity (Wildman–Crippen MR) is 74.9 cm³/mol. The zero-order valence-corrected chi connectivity index (χ0v) is 12.8. The number of amides is 1. The highest BCUT2D eigenvalue weighted by Crippen LogP contribution is 2.20. The maximum Gasteiger partial charge on any atom is 0.237 e. The molecule has 1 aromatic rings. The van der Waals surface area contributed by atoms with Crippen LogP contribution in [0.3, 0.4) is 0 Å². The summed E-state index contributed by atoms with van der Waals surface area (Å²) < 4.78 is 29.9. The highest BCUT2D eigenvalue weighted by molar-refractivity contribution is 7.88. The number of hydrogen-bond acceptors (Lipinski definition) is 6. The average Bonchev–Trinajstić information content (AvgIpc) is 2.44. The first-order valence-electron chi connectivity index (χ1n) is 6.49. The van der Waals surface area contributed by atoms with Crippen LogP contribution in [0.15, 0.2) is 12.3 Å². The summed E-state index contributed by atoms with van der Waals surface area (Å²) in [4.78, 5) is 21.9. The lowest BCUT2D eigenvalue weighted by atomic mass is 10.2. The van der Waals surface area contributed by atoms with Gasteiger partial charge in [-0.05, 0) is 13.0 Å². The number of hydrogen-bond donors (Lipinski definition) is 1. The van der Waals surface area contributed by atoms with Crippen molar-refractivity contribution in [2.75, 3.05) is 32.5 Å². The zero-order valence-electron chi connectivity index (χ0n) is 11.9. The van der Waals surface area contributed by atoms with Gasteiger partial charge in [0.05, 0.1) is 31.6 Å². The maximum absolute atomic E-state index is 12.0. The van der Waals surface area contributed by atoms with Crippen LogP contribution >= 0.6 is 0 Å². The Kier molecular flexibility index (Phi) is 4.86. The van der Waals surface area contributed by atoms with E-state index in [-0.39, 0.29) is 18.6 Å². The smallest absolute Gasteiger partial charge is 0.237 e. The van der Waals surface area contributed by atoms with Crippen LogP contribution in [0.4, 0.5) is 0 Å². The van der Waals surface area contributed by atoms with Gasteiger partial charge in [0.1, 0.15) is 11.9 Å². The predicted octanol–water partition coefficient (Wildman–Crippen LogP) is -0.766. The SMILES string of the molecule is Cc1nccc([C@H]2CN(C(=O)CNS(C)(=O)=O)CCO2)n1. The first kappa shape index (κ1) is 15.8. The van der Waals surface area contributed by atoms with Gasteiger partial charge in [-0.1, -0.05) is 0 Å². The van der Waals surface area contributed by atoms with Crippen LogP contribution in [-0.4, -0.2) is 61.7 Å². The molecule has 2 rings (SSSR count). The summed E-state index contributed by atoms with van der Waals surface area (Å²) in [7, 11) is -3.38. The van der Waals surface area contributed by atoms with Crippen LogP contribution in [0.25, 0.3) is 0 Å². The molecule has 1 fully saturated rings. The summed E-state index contributed by atoms with van der Waals surface area (Å²) in [5.41, 5.74) is 0.719. The fourth-order valence-corrected chi connectivity index (χ4v) is 2.40. The van der Waals surface area contributed by atoms with Gasteiger partial charge < -0.3 is 9.64 Å². The molecule has 21 heavy (non-hydrogen) atoms. The maximum atomic E-state index is 12.0. The zero-order chi connectivity index (χ0) is 15.5. The Bertz CT molecular complexity index is 619.